The van der Waals surface area contributed by atoms with Crippen LogP contribution in [0.5, 0.6) is 0 Å². The van der Waals surface area contributed by atoms with Crippen molar-refractivity contribution in [3.8, 4) is 0 Å². The first kappa shape index (κ1) is 12.2. The van der Waals surface area contributed by atoms with Gasteiger partial charge in [0.25, 0.3) is 0 Å². The van der Waals surface area contributed by atoms with Gasteiger partial charge in [-0.15, -0.1) is 11.3 Å². The number of aryl methyl sites for hydroxylation is 2. The second kappa shape index (κ2) is 4.75. The Kier molecular flexibility index (Phi) is 3.85. The van der Waals surface area contributed by atoms with Gasteiger partial charge in [0.1, 0.15) is 0 Å². The third kappa shape index (κ3) is 3.02. The standard InChI is InChI=1S/C11H17NO2S/c1-6(2)9(11(13)14)5-10-12-7(3)8(4)15-10/h6,9H,5H2,1-4H3,(H,13,14). The summed E-state index contributed by atoms with van der Waals surface area (Å²) in [4.78, 5) is 16.6. The van der Waals surface area contributed by atoms with Crippen molar-refractivity contribution in [1.29, 1.82) is 0 Å². The number of nitrogens with zero attached hydrogens (tertiary/aromatic N) is 1. The molecule has 0 bridgehead atoms. The number of hydrogen-bond donors (Lipinski definition) is 1. The van der Waals surface area contributed by atoms with Gasteiger partial charge in [-0.2, -0.15) is 0 Å². The predicted molar refractivity (Wildman–Crippen MR) is 61.3 cm³/mol. The summed E-state index contributed by atoms with van der Waals surface area (Å²) in [5, 5.41) is 9.99. The van der Waals surface area contributed by atoms with Crippen molar-refractivity contribution in [2.24, 2.45) is 11.8 Å². The van der Waals surface area contributed by atoms with Gasteiger partial charge in [-0.05, 0) is 19.8 Å². The van der Waals surface area contributed by atoms with Gasteiger partial charge in [-0.3, -0.25) is 4.79 Å². The van der Waals surface area contributed by atoms with Crippen molar-refractivity contribution in [3.63, 3.8) is 0 Å². The Hall–Kier alpha value is -0.900. The lowest BCUT2D eigenvalue weighted by atomic mass is 9.93. The Morgan fingerprint density at radius 3 is 2.40 bits per heavy atom. The molecule has 3 nitrogen and oxygen atoms in total. The van der Waals surface area contributed by atoms with Crippen LogP contribution in [0.15, 0.2) is 0 Å². The summed E-state index contributed by atoms with van der Waals surface area (Å²) in [5.41, 5.74) is 1.02. The second-order valence-corrected chi connectivity index (χ2v) is 5.43. The maximum atomic E-state index is 11.0. The molecule has 4 heteroatoms. The summed E-state index contributed by atoms with van der Waals surface area (Å²) >= 11 is 1.60. The number of aliphatic carboxylic acids is 1. The average Bonchev–Trinajstić information content (AvgIpc) is 2.41. The van der Waals surface area contributed by atoms with Crippen LogP contribution in [0.3, 0.4) is 0 Å². The van der Waals surface area contributed by atoms with E-state index in [-0.39, 0.29) is 11.8 Å². The second-order valence-electron chi connectivity index (χ2n) is 4.14. The summed E-state index contributed by atoms with van der Waals surface area (Å²) in [6.07, 6.45) is 0.548. The van der Waals surface area contributed by atoms with E-state index >= 15 is 0 Å². The molecule has 0 aromatic carbocycles. The largest absolute Gasteiger partial charge is 0.481 e. The fourth-order valence-electron chi connectivity index (χ4n) is 1.42. The Bertz CT molecular complexity index is 338. The van der Waals surface area contributed by atoms with Crippen LogP contribution < -0.4 is 0 Å². The summed E-state index contributed by atoms with van der Waals surface area (Å²) in [5.74, 6) is -0.905. The van der Waals surface area contributed by atoms with Gasteiger partial charge in [0, 0.05) is 11.3 Å². The number of thiazole rings is 1. The SMILES string of the molecule is Cc1nc(CC(C(=O)O)C(C)C)sc1C. The molecule has 1 heterocycles. The fraction of sp³-hybridized carbons (Fsp3) is 0.636. The van der Waals surface area contributed by atoms with Gasteiger partial charge in [0.05, 0.1) is 16.6 Å². The van der Waals surface area contributed by atoms with Crippen molar-refractivity contribution in [2.75, 3.05) is 0 Å². The first-order chi connectivity index (χ1) is 6.91. The fourth-order valence-corrected chi connectivity index (χ4v) is 2.42. The normalized spacial score (nSPS) is 13.1. The highest BCUT2D eigenvalue weighted by molar-refractivity contribution is 7.11. The molecule has 0 aliphatic rings. The Morgan fingerprint density at radius 1 is 1.47 bits per heavy atom. The van der Waals surface area contributed by atoms with Crippen LogP contribution in [-0.2, 0) is 11.2 Å². The molecule has 1 aromatic heterocycles. The summed E-state index contributed by atoms with van der Waals surface area (Å²) in [6, 6.07) is 0. The lowest BCUT2D eigenvalue weighted by Gasteiger charge is -2.14. The monoisotopic (exact) mass is 227 g/mol. The van der Waals surface area contributed by atoms with E-state index in [2.05, 4.69) is 4.98 Å². The first-order valence-electron chi connectivity index (χ1n) is 5.07. The highest BCUT2D eigenvalue weighted by Gasteiger charge is 2.23. The maximum absolute atomic E-state index is 11.0. The molecule has 1 rings (SSSR count). The Balaban J connectivity index is 2.79. The van der Waals surface area contributed by atoms with Gasteiger partial charge < -0.3 is 5.11 Å². The van der Waals surface area contributed by atoms with Gasteiger partial charge >= 0.3 is 5.97 Å². The van der Waals surface area contributed by atoms with E-state index in [1.165, 1.54) is 4.88 Å². The van der Waals surface area contributed by atoms with Crippen LogP contribution in [0.4, 0.5) is 0 Å². The molecular weight excluding hydrogens is 210 g/mol. The zero-order valence-electron chi connectivity index (χ0n) is 9.57. The lowest BCUT2D eigenvalue weighted by Crippen LogP contribution is -2.22. The van der Waals surface area contributed by atoms with Gasteiger partial charge in [-0.25, -0.2) is 4.98 Å². The predicted octanol–water partition coefficient (Wildman–Crippen LogP) is 2.66. The minimum atomic E-state index is -0.726. The molecule has 1 aromatic rings. The van der Waals surface area contributed by atoms with Crippen LogP contribution in [0, 0.1) is 25.7 Å². The third-order valence-electron chi connectivity index (χ3n) is 2.59. The quantitative estimate of drug-likeness (QED) is 0.860. The van der Waals surface area contributed by atoms with E-state index < -0.39 is 5.97 Å². The van der Waals surface area contributed by atoms with Crippen molar-refractivity contribution >= 4 is 17.3 Å². The molecular formula is C11H17NO2S. The number of hydrogen-bond acceptors (Lipinski definition) is 3. The molecule has 0 aliphatic heterocycles. The number of carboxylic acid groups (broad SMARTS) is 1. The summed E-state index contributed by atoms with van der Waals surface area (Å²) in [6.45, 7) is 7.85. The molecule has 0 aliphatic carbocycles. The molecule has 0 saturated heterocycles. The van der Waals surface area contributed by atoms with Gasteiger partial charge in [0.2, 0.25) is 0 Å². The molecule has 1 atom stereocenters. The van der Waals surface area contributed by atoms with E-state index in [9.17, 15) is 4.79 Å². The average molecular weight is 227 g/mol. The molecule has 0 fully saturated rings. The molecule has 0 spiro atoms. The molecule has 1 N–H and O–H groups in total. The van der Waals surface area contributed by atoms with Crippen LogP contribution in [0.1, 0.15) is 29.4 Å². The van der Waals surface area contributed by atoms with Crippen molar-refractivity contribution < 1.29 is 9.90 Å². The number of carbonyl (C=O) groups is 1. The molecule has 1 unspecified atom stereocenters. The zero-order chi connectivity index (χ0) is 11.6. The van der Waals surface area contributed by atoms with Crippen LogP contribution in [0.25, 0.3) is 0 Å². The van der Waals surface area contributed by atoms with E-state index in [1.54, 1.807) is 11.3 Å². The Labute approximate surface area is 94.2 Å². The maximum Gasteiger partial charge on any atom is 0.307 e. The minimum absolute atomic E-state index is 0.145. The highest BCUT2D eigenvalue weighted by Crippen LogP contribution is 2.23. The molecule has 15 heavy (non-hydrogen) atoms. The van der Waals surface area contributed by atoms with E-state index in [0.29, 0.717) is 6.42 Å². The smallest absolute Gasteiger partial charge is 0.307 e. The number of aromatic nitrogens is 1. The lowest BCUT2D eigenvalue weighted by molar-refractivity contribution is -0.143. The third-order valence-corrected chi connectivity index (χ3v) is 3.68. The van der Waals surface area contributed by atoms with E-state index in [4.69, 9.17) is 5.11 Å². The highest BCUT2D eigenvalue weighted by atomic mass is 32.1. The topological polar surface area (TPSA) is 50.2 Å². The van der Waals surface area contributed by atoms with E-state index in [1.807, 2.05) is 27.7 Å². The van der Waals surface area contributed by atoms with Gasteiger partial charge in [-0.1, -0.05) is 13.8 Å². The Morgan fingerprint density at radius 2 is 2.07 bits per heavy atom. The van der Waals surface area contributed by atoms with E-state index in [0.717, 1.165) is 10.7 Å². The zero-order valence-corrected chi connectivity index (χ0v) is 10.4. The molecule has 0 radical (unpaired) electrons. The van der Waals surface area contributed by atoms with Crippen LogP contribution in [0.2, 0.25) is 0 Å². The van der Waals surface area contributed by atoms with Crippen LogP contribution >= 0.6 is 11.3 Å². The molecule has 0 amide bonds. The molecule has 84 valence electrons. The van der Waals surface area contributed by atoms with Gasteiger partial charge in [0.15, 0.2) is 0 Å². The van der Waals surface area contributed by atoms with Crippen molar-refractivity contribution in [1.82, 2.24) is 4.98 Å². The van der Waals surface area contributed by atoms with Crippen LogP contribution in [-0.4, -0.2) is 16.1 Å². The minimum Gasteiger partial charge on any atom is -0.481 e. The van der Waals surface area contributed by atoms with Crippen molar-refractivity contribution in [2.45, 2.75) is 34.1 Å². The van der Waals surface area contributed by atoms with Crippen molar-refractivity contribution in [3.05, 3.63) is 15.6 Å². The number of rotatable bonds is 4. The summed E-state index contributed by atoms with van der Waals surface area (Å²) < 4.78 is 0. The number of carboxylic acids is 1. The summed E-state index contributed by atoms with van der Waals surface area (Å²) in [7, 11) is 0. The first-order valence-corrected chi connectivity index (χ1v) is 5.89. The molecule has 0 saturated carbocycles.